The van der Waals surface area contributed by atoms with Crippen LogP contribution in [0.4, 0.5) is 0 Å². The second-order valence-electron chi connectivity index (χ2n) is 8.19. The van der Waals surface area contributed by atoms with Crippen LogP contribution in [0.1, 0.15) is 45.4 Å². The van der Waals surface area contributed by atoms with Gasteiger partial charge in [-0.3, -0.25) is 0 Å². The van der Waals surface area contributed by atoms with Gasteiger partial charge in [-0.2, -0.15) is 0 Å². The molecule has 0 aromatic rings. The van der Waals surface area contributed by atoms with Gasteiger partial charge in [0.15, 0.2) is 12.6 Å². The van der Waals surface area contributed by atoms with E-state index in [2.05, 4.69) is 6.92 Å². The van der Waals surface area contributed by atoms with E-state index in [-0.39, 0.29) is 0 Å². The lowest BCUT2D eigenvalue weighted by Gasteiger charge is -2.23. The minimum Gasteiger partial charge on any atom is -0.394 e. The number of ether oxygens (including phenoxy) is 4. The van der Waals surface area contributed by atoms with Crippen LogP contribution < -0.4 is 0 Å². The van der Waals surface area contributed by atoms with Crippen LogP contribution in [0.5, 0.6) is 0 Å². The molecule has 0 amide bonds. The predicted octanol–water partition coefficient (Wildman–Crippen LogP) is -2.01. The predicted molar refractivity (Wildman–Crippen MR) is 106 cm³/mol. The first-order chi connectivity index (χ1) is 14.8. The highest BCUT2D eigenvalue weighted by molar-refractivity contribution is 4.93. The van der Waals surface area contributed by atoms with Crippen LogP contribution in [0.3, 0.4) is 0 Å². The molecule has 2 saturated heterocycles. The second kappa shape index (κ2) is 13.3. The Labute approximate surface area is 182 Å². The molecule has 0 aromatic heterocycles. The zero-order valence-corrected chi connectivity index (χ0v) is 17.9. The van der Waals surface area contributed by atoms with Crippen LogP contribution in [0.15, 0.2) is 0 Å². The van der Waals surface area contributed by atoms with Crippen LogP contribution in [0, 0.1) is 0 Å². The molecule has 0 unspecified atom stereocenters. The minimum atomic E-state index is -1.51. The van der Waals surface area contributed by atoms with Gasteiger partial charge in [0.25, 0.3) is 0 Å². The average molecular weight is 455 g/mol. The number of unbranched alkanes of at least 4 members (excludes halogenated alkanes) is 5. The lowest BCUT2D eigenvalue weighted by Crippen LogP contribution is -2.43. The van der Waals surface area contributed by atoms with Crippen molar-refractivity contribution < 1.29 is 54.7 Å². The molecule has 2 heterocycles. The largest absolute Gasteiger partial charge is 0.394 e. The third-order valence-electron chi connectivity index (χ3n) is 5.67. The monoisotopic (exact) mass is 454 g/mol. The van der Waals surface area contributed by atoms with Gasteiger partial charge in [0, 0.05) is 6.61 Å². The van der Waals surface area contributed by atoms with Crippen molar-refractivity contribution in [3.8, 4) is 0 Å². The van der Waals surface area contributed by atoms with E-state index in [1.54, 1.807) is 0 Å². The molecule has 184 valence electrons. The van der Waals surface area contributed by atoms with E-state index in [9.17, 15) is 30.6 Å². The Hall–Kier alpha value is -0.440. The van der Waals surface area contributed by atoms with Crippen molar-refractivity contribution in [2.24, 2.45) is 0 Å². The number of rotatable bonds is 14. The zero-order chi connectivity index (χ0) is 23.0. The smallest absolute Gasteiger partial charge is 0.186 e. The van der Waals surface area contributed by atoms with E-state index in [0.29, 0.717) is 6.61 Å². The quantitative estimate of drug-likeness (QED) is 0.144. The van der Waals surface area contributed by atoms with Gasteiger partial charge in [-0.25, -0.2) is 0 Å². The van der Waals surface area contributed by atoms with Gasteiger partial charge in [0.1, 0.15) is 48.8 Å². The Bertz CT molecular complexity index is 496. The molecular formula is C20H38O11. The molecule has 0 bridgehead atoms. The Morgan fingerprint density at radius 1 is 0.710 bits per heavy atom. The highest BCUT2D eigenvalue weighted by Crippen LogP contribution is 2.28. The summed E-state index contributed by atoms with van der Waals surface area (Å²) >= 11 is 0. The van der Waals surface area contributed by atoms with Crippen LogP contribution in [0.25, 0.3) is 0 Å². The third kappa shape index (κ3) is 7.27. The molecule has 11 nitrogen and oxygen atoms in total. The summed E-state index contributed by atoms with van der Waals surface area (Å²) in [5, 5.41) is 69.0. The fourth-order valence-electron chi connectivity index (χ4n) is 3.73. The van der Waals surface area contributed by atoms with Crippen molar-refractivity contribution in [2.45, 2.75) is 107 Å². The molecule has 10 atom stereocenters. The molecule has 2 aliphatic heterocycles. The number of aliphatic hydroxyl groups excluding tert-OH is 7. The first kappa shape index (κ1) is 26.8. The van der Waals surface area contributed by atoms with Crippen LogP contribution >= 0.6 is 0 Å². The zero-order valence-electron chi connectivity index (χ0n) is 17.9. The van der Waals surface area contributed by atoms with Crippen LogP contribution in [0.2, 0.25) is 0 Å². The number of hydrogen-bond acceptors (Lipinski definition) is 11. The maximum atomic E-state index is 10.3. The number of hydrogen-bond donors (Lipinski definition) is 7. The van der Waals surface area contributed by atoms with Crippen molar-refractivity contribution in [3.63, 3.8) is 0 Å². The van der Waals surface area contributed by atoms with Crippen molar-refractivity contribution in [3.05, 3.63) is 0 Å². The molecule has 2 fully saturated rings. The molecule has 0 radical (unpaired) electrons. The van der Waals surface area contributed by atoms with E-state index in [0.717, 1.165) is 19.3 Å². The molecule has 0 spiro atoms. The van der Waals surface area contributed by atoms with E-state index < -0.39 is 74.6 Å². The summed E-state index contributed by atoms with van der Waals surface area (Å²) in [6.45, 7) is 1.38. The van der Waals surface area contributed by atoms with Crippen LogP contribution in [-0.4, -0.2) is 117 Å². The lowest BCUT2D eigenvalue weighted by molar-refractivity contribution is -0.211. The molecular weight excluding hydrogens is 416 g/mol. The lowest BCUT2D eigenvalue weighted by atomic mass is 10.1. The summed E-state index contributed by atoms with van der Waals surface area (Å²) in [7, 11) is 0. The third-order valence-corrected chi connectivity index (χ3v) is 5.67. The van der Waals surface area contributed by atoms with Gasteiger partial charge >= 0.3 is 0 Å². The normalized spacial score (nSPS) is 37.9. The first-order valence-corrected chi connectivity index (χ1v) is 11.0. The van der Waals surface area contributed by atoms with Crippen molar-refractivity contribution in [1.29, 1.82) is 0 Å². The fourth-order valence-corrected chi connectivity index (χ4v) is 3.73. The molecule has 31 heavy (non-hydrogen) atoms. The van der Waals surface area contributed by atoms with Crippen molar-refractivity contribution >= 4 is 0 Å². The van der Waals surface area contributed by atoms with E-state index in [1.807, 2.05) is 0 Å². The van der Waals surface area contributed by atoms with Gasteiger partial charge in [0.05, 0.1) is 13.2 Å². The van der Waals surface area contributed by atoms with E-state index in [1.165, 1.54) is 19.3 Å². The van der Waals surface area contributed by atoms with E-state index >= 15 is 0 Å². The van der Waals surface area contributed by atoms with Crippen LogP contribution in [-0.2, 0) is 18.9 Å². The minimum absolute atomic E-state index is 0.356. The van der Waals surface area contributed by atoms with Crippen molar-refractivity contribution in [2.75, 3.05) is 19.8 Å². The average Bonchev–Trinajstić information content (AvgIpc) is 3.21. The Morgan fingerprint density at radius 2 is 1.23 bits per heavy atom. The standard InChI is InChI=1S/C20H38O11/c1-2-3-4-5-6-7-8-28-19-15(26)14(25)18(31-19)12(23)10-29-20-16(27)13(24)17(30-20)11(22)9-21/h11-27H,2-10H2,1H3/t11-,12-,13-,14-,15-,16-,17+,18+,19-,20-/m1/s1. The summed E-state index contributed by atoms with van der Waals surface area (Å²) in [6.07, 6.45) is -6.99. The first-order valence-electron chi connectivity index (χ1n) is 11.0. The molecule has 11 heteroatoms. The fraction of sp³-hybridized carbons (Fsp3) is 1.00. The van der Waals surface area contributed by atoms with Gasteiger partial charge in [-0.05, 0) is 6.42 Å². The summed E-state index contributed by atoms with van der Waals surface area (Å²) in [4.78, 5) is 0. The molecule has 2 aliphatic rings. The molecule has 0 aliphatic carbocycles. The van der Waals surface area contributed by atoms with E-state index in [4.69, 9.17) is 24.1 Å². The Morgan fingerprint density at radius 3 is 1.81 bits per heavy atom. The summed E-state index contributed by atoms with van der Waals surface area (Å²) in [5.41, 5.74) is 0. The molecule has 0 aromatic carbocycles. The maximum absolute atomic E-state index is 10.3. The number of aliphatic hydroxyl groups is 7. The maximum Gasteiger partial charge on any atom is 0.186 e. The van der Waals surface area contributed by atoms with Gasteiger partial charge in [-0.1, -0.05) is 39.0 Å². The highest BCUT2D eigenvalue weighted by Gasteiger charge is 2.49. The Balaban J connectivity index is 1.73. The molecule has 0 saturated carbocycles. The van der Waals surface area contributed by atoms with Gasteiger partial charge in [0.2, 0.25) is 0 Å². The van der Waals surface area contributed by atoms with Gasteiger partial charge < -0.3 is 54.7 Å². The summed E-state index contributed by atoms with van der Waals surface area (Å²) in [5.74, 6) is 0. The summed E-state index contributed by atoms with van der Waals surface area (Å²) < 4.78 is 21.4. The highest BCUT2D eigenvalue weighted by atomic mass is 16.7. The van der Waals surface area contributed by atoms with Crippen molar-refractivity contribution in [1.82, 2.24) is 0 Å². The van der Waals surface area contributed by atoms with Gasteiger partial charge in [-0.15, -0.1) is 0 Å². The second-order valence-corrected chi connectivity index (χ2v) is 8.19. The molecule has 2 rings (SSSR count). The topological polar surface area (TPSA) is 179 Å². The Kier molecular flexibility index (Phi) is 11.5. The summed E-state index contributed by atoms with van der Waals surface area (Å²) in [6, 6.07) is 0. The SMILES string of the molecule is CCCCCCCCO[C@@H]1O[C@@H]([C@H](O)CO[C@@H]2O[C@@H]([C@H](O)CO)[C@H](O)[C@H]2O)[C@H](O)[C@H]1O. The molecule has 7 N–H and O–H groups in total.